The Kier molecular flexibility index (Phi) is 4.20. The lowest BCUT2D eigenvalue weighted by molar-refractivity contribution is 0.425. The summed E-state index contributed by atoms with van der Waals surface area (Å²) in [6.45, 7) is -0.484. The Labute approximate surface area is 123 Å². The van der Waals surface area contributed by atoms with Gasteiger partial charge in [-0.25, -0.2) is 25.6 Å². The van der Waals surface area contributed by atoms with Crippen LogP contribution in [0.1, 0.15) is 0 Å². The second-order valence-electron chi connectivity index (χ2n) is 4.25. The monoisotopic (exact) mass is 389 g/mol. The zero-order valence-electron chi connectivity index (χ0n) is 10.0. The Morgan fingerprint density at radius 3 is 2.20 bits per heavy atom. The van der Waals surface area contributed by atoms with E-state index in [4.69, 9.17) is 0 Å². The quantitative estimate of drug-likeness (QED) is 0.760. The van der Waals surface area contributed by atoms with Gasteiger partial charge in [-0.3, -0.25) is 0 Å². The van der Waals surface area contributed by atoms with Gasteiger partial charge in [-0.05, 0) is 22.0 Å². The predicted molar refractivity (Wildman–Crippen MR) is 71.5 cm³/mol. The van der Waals surface area contributed by atoms with Crippen LogP contribution in [-0.2, 0) is 19.9 Å². The maximum atomic E-state index is 13.7. The summed E-state index contributed by atoms with van der Waals surface area (Å²) in [6.07, 6.45) is 0. The molecule has 0 spiro atoms. The molecule has 0 radical (unpaired) electrons. The Morgan fingerprint density at radius 1 is 1.15 bits per heavy atom. The van der Waals surface area contributed by atoms with Crippen molar-refractivity contribution < 1.29 is 25.6 Å². The van der Waals surface area contributed by atoms with Gasteiger partial charge in [0.15, 0.2) is 9.84 Å². The first-order chi connectivity index (χ1) is 9.13. The minimum absolute atomic E-state index is 0.233. The highest BCUT2D eigenvalue weighted by atomic mass is 79.9. The molecule has 1 aromatic carbocycles. The van der Waals surface area contributed by atoms with Crippen molar-refractivity contribution >= 4 is 35.8 Å². The molecule has 5 nitrogen and oxygen atoms in total. The van der Waals surface area contributed by atoms with Gasteiger partial charge in [-0.1, -0.05) is 0 Å². The molecule has 1 aliphatic rings. The van der Waals surface area contributed by atoms with Crippen molar-refractivity contribution in [2.24, 2.45) is 0 Å². The van der Waals surface area contributed by atoms with Crippen LogP contribution in [0.2, 0.25) is 0 Å². The van der Waals surface area contributed by atoms with E-state index in [1.165, 1.54) is 0 Å². The van der Waals surface area contributed by atoms with Crippen LogP contribution < -0.4 is 0 Å². The second-order valence-corrected chi connectivity index (χ2v) is 9.29. The van der Waals surface area contributed by atoms with Crippen LogP contribution >= 0.6 is 15.9 Å². The van der Waals surface area contributed by atoms with Gasteiger partial charge in [0.1, 0.15) is 16.5 Å². The molecule has 1 saturated heterocycles. The summed E-state index contributed by atoms with van der Waals surface area (Å²) in [7, 11) is -7.47. The fourth-order valence-corrected chi connectivity index (χ4v) is 5.83. The lowest BCUT2D eigenvalue weighted by Crippen LogP contribution is -2.44. The lowest BCUT2D eigenvalue weighted by Gasteiger charge is -2.26. The summed E-state index contributed by atoms with van der Waals surface area (Å²) in [5, 5.41) is 0. The number of rotatable bonds is 2. The van der Waals surface area contributed by atoms with Crippen molar-refractivity contribution in [3.63, 3.8) is 0 Å². The molecule has 1 heterocycles. The smallest absolute Gasteiger partial charge is 0.229 e. The van der Waals surface area contributed by atoms with Crippen molar-refractivity contribution in [3.8, 4) is 0 Å². The van der Waals surface area contributed by atoms with Crippen LogP contribution in [0.5, 0.6) is 0 Å². The maximum absolute atomic E-state index is 13.7. The van der Waals surface area contributed by atoms with E-state index in [1.807, 2.05) is 0 Å². The van der Waals surface area contributed by atoms with Crippen molar-refractivity contribution in [2.45, 2.75) is 4.90 Å². The molecule has 0 amide bonds. The first-order valence-corrected chi connectivity index (χ1v) is 9.54. The zero-order valence-corrected chi connectivity index (χ0v) is 13.2. The average molecular weight is 390 g/mol. The third-order valence-electron chi connectivity index (χ3n) is 2.86. The van der Waals surface area contributed by atoms with Gasteiger partial charge in [0.2, 0.25) is 10.0 Å². The summed E-state index contributed by atoms with van der Waals surface area (Å²) >= 11 is 2.82. The Bertz CT molecular complexity index is 712. The lowest BCUT2D eigenvalue weighted by atomic mass is 10.3. The summed E-state index contributed by atoms with van der Waals surface area (Å²) in [5.41, 5.74) is 0. The van der Waals surface area contributed by atoms with Crippen LogP contribution in [0.4, 0.5) is 8.78 Å². The summed E-state index contributed by atoms with van der Waals surface area (Å²) < 4.78 is 74.5. The van der Waals surface area contributed by atoms with Crippen molar-refractivity contribution in [2.75, 3.05) is 24.6 Å². The average Bonchev–Trinajstić information content (AvgIpc) is 2.26. The van der Waals surface area contributed by atoms with Crippen LogP contribution in [-0.4, -0.2) is 45.7 Å². The molecular weight excluding hydrogens is 380 g/mol. The molecule has 112 valence electrons. The molecule has 20 heavy (non-hydrogen) atoms. The largest absolute Gasteiger partial charge is 0.247 e. The van der Waals surface area contributed by atoms with Crippen molar-refractivity contribution in [1.82, 2.24) is 4.31 Å². The fraction of sp³-hybridized carbons (Fsp3) is 0.400. The first-order valence-electron chi connectivity index (χ1n) is 5.48. The molecule has 1 aliphatic heterocycles. The van der Waals surface area contributed by atoms with E-state index in [9.17, 15) is 25.6 Å². The molecule has 0 bridgehead atoms. The number of sulfonamides is 1. The van der Waals surface area contributed by atoms with E-state index >= 15 is 0 Å². The highest BCUT2D eigenvalue weighted by Crippen LogP contribution is 2.29. The highest BCUT2D eigenvalue weighted by molar-refractivity contribution is 9.10. The van der Waals surface area contributed by atoms with E-state index in [1.54, 1.807) is 0 Å². The van der Waals surface area contributed by atoms with Crippen molar-refractivity contribution in [1.29, 1.82) is 0 Å². The second kappa shape index (κ2) is 5.32. The zero-order chi connectivity index (χ0) is 15.1. The Morgan fingerprint density at radius 2 is 1.70 bits per heavy atom. The summed E-state index contributed by atoms with van der Waals surface area (Å²) in [5.74, 6) is -2.75. The van der Waals surface area contributed by atoms with Crippen LogP contribution in [0.25, 0.3) is 0 Å². The van der Waals surface area contributed by atoms with E-state index < -0.39 is 36.4 Å². The topological polar surface area (TPSA) is 71.5 Å². The van der Waals surface area contributed by atoms with Gasteiger partial charge in [0.25, 0.3) is 0 Å². The third kappa shape index (κ3) is 3.02. The van der Waals surface area contributed by atoms with E-state index in [-0.39, 0.29) is 29.1 Å². The molecule has 0 atom stereocenters. The predicted octanol–water partition coefficient (Wildman–Crippen LogP) is 1.15. The number of halogens is 3. The van der Waals surface area contributed by atoms with E-state index in [0.29, 0.717) is 6.07 Å². The third-order valence-corrected chi connectivity index (χ3v) is 7.34. The molecule has 1 fully saturated rings. The first kappa shape index (κ1) is 15.8. The Balaban J connectivity index is 2.42. The van der Waals surface area contributed by atoms with Crippen LogP contribution in [0, 0.1) is 11.6 Å². The van der Waals surface area contributed by atoms with Gasteiger partial charge in [-0.2, -0.15) is 4.31 Å². The molecule has 0 N–H and O–H groups in total. The van der Waals surface area contributed by atoms with Crippen LogP contribution in [0.15, 0.2) is 21.5 Å². The molecule has 0 saturated carbocycles. The molecule has 10 heteroatoms. The number of sulfone groups is 1. The number of nitrogens with zero attached hydrogens (tertiary/aromatic N) is 1. The van der Waals surface area contributed by atoms with E-state index in [0.717, 1.165) is 10.4 Å². The molecule has 0 aliphatic carbocycles. The molecular formula is C10H10BrF2NO4S2. The maximum Gasteiger partial charge on any atom is 0.247 e. The number of benzene rings is 1. The standard InChI is InChI=1S/C10H10BrF2NO4S2/c11-8-5-7(12)6-9(13)10(8)20(17,18)14-1-3-19(15,16)4-2-14/h5-6H,1-4H2. The Hall–Kier alpha value is -0.580. The van der Waals surface area contributed by atoms with Gasteiger partial charge in [0.05, 0.1) is 11.5 Å². The van der Waals surface area contributed by atoms with Gasteiger partial charge < -0.3 is 0 Å². The number of hydrogen-bond acceptors (Lipinski definition) is 4. The van der Waals surface area contributed by atoms with Gasteiger partial charge in [0, 0.05) is 23.6 Å². The minimum atomic E-state index is -4.21. The van der Waals surface area contributed by atoms with Gasteiger partial charge >= 0.3 is 0 Å². The minimum Gasteiger partial charge on any atom is -0.229 e. The molecule has 1 aromatic rings. The molecule has 0 aromatic heterocycles. The highest BCUT2D eigenvalue weighted by Gasteiger charge is 2.34. The number of hydrogen-bond donors (Lipinski definition) is 0. The summed E-state index contributed by atoms with van der Waals surface area (Å²) in [4.78, 5) is -0.682. The fourth-order valence-electron chi connectivity index (χ4n) is 1.84. The van der Waals surface area contributed by atoms with Crippen molar-refractivity contribution in [3.05, 3.63) is 28.2 Å². The van der Waals surface area contributed by atoms with Gasteiger partial charge in [-0.15, -0.1) is 0 Å². The SMILES string of the molecule is O=S1(=O)CCN(S(=O)(=O)c2c(F)cc(F)cc2Br)CC1. The molecule has 0 unspecified atom stereocenters. The van der Waals surface area contributed by atoms with E-state index in [2.05, 4.69) is 15.9 Å². The normalized spacial score (nSPS) is 19.9. The van der Waals surface area contributed by atoms with Crippen LogP contribution in [0.3, 0.4) is 0 Å². The molecule has 2 rings (SSSR count). The summed E-state index contributed by atoms with van der Waals surface area (Å²) in [6, 6.07) is 1.31.